The average Bonchev–Trinajstić information content (AvgIpc) is 2.96. The fourth-order valence-corrected chi connectivity index (χ4v) is 5.71. The number of piperidine rings is 1. The molecule has 0 bridgehead atoms. The second-order valence-electron chi connectivity index (χ2n) is 8.93. The summed E-state index contributed by atoms with van der Waals surface area (Å²) in [4.78, 5) is 1.19. The van der Waals surface area contributed by atoms with Crippen LogP contribution in [-0.2, 0) is 6.42 Å². The van der Waals surface area contributed by atoms with Gasteiger partial charge in [0.1, 0.15) is 5.69 Å². The number of hydrogen-bond donors (Lipinski definition) is 1. The van der Waals surface area contributed by atoms with Gasteiger partial charge >= 0.3 is 0 Å². The van der Waals surface area contributed by atoms with Crippen LogP contribution in [0, 0.1) is 5.92 Å². The van der Waals surface area contributed by atoms with Gasteiger partial charge in [-0.25, -0.2) is 0 Å². The first kappa shape index (κ1) is 17.6. The van der Waals surface area contributed by atoms with Gasteiger partial charge in [0.2, 0.25) is 0 Å². The summed E-state index contributed by atoms with van der Waals surface area (Å²) < 4.78 is 1.30. The molecule has 0 spiro atoms. The predicted molar refractivity (Wildman–Crippen MR) is 111 cm³/mol. The van der Waals surface area contributed by atoms with Gasteiger partial charge in [-0.05, 0) is 82.5 Å². The SMILES string of the molecule is CC1(C)CC(Cc2ccc(-c3cc4ccccc4s3)nn2)CC(C)(C)N1. The second kappa shape index (κ2) is 6.43. The van der Waals surface area contributed by atoms with Crippen LogP contribution < -0.4 is 5.32 Å². The van der Waals surface area contributed by atoms with Crippen molar-refractivity contribution in [1.29, 1.82) is 0 Å². The lowest BCUT2D eigenvalue weighted by molar-refractivity contribution is 0.128. The van der Waals surface area contributed by atoms with E-state index in [4.69, 9.17) is 0 Å². The monoisotopic (exact) mass is 365 g/mol. The maximum Gasteiger partial charge on any atom is 0.103 e. The van der Waals surface area contributed by atoms with Crippen LogP contribution in [0.2, 0.25) is 0 Å². The first-order valence-electron chi connectivity index (χ1n) is 9.41. The lowest BCUT2D eigenvalue weighted by Crippen LogP contribution is -2.58. The molecule has 0 radical (unpaired) electrons. The molecule has 1 fully saturated rings. The zero-order chi connectivity index (χ0) is 18.4. The maximum atomic E-state index is 4.55. The fourth-order valence-electron chi connectivity index (χ4n) is 4.68. The first-order valence-corrected chi connectivity index (χ1v) is 10.2. The number of rotatable bonds is 3. The molecule has 1 aliphatic rings. The Balaban J connectivity index is 1.51. The van der Waals surface area contributed by atoms with E-state index in [1.807, 2.05) is 0 Å². The van der Waals surface area contributed by atoms with Crippen molar-refractivity contribution in [2.45, 2.75) is 58.0 Å². The van der Waals surface area contributed by atoms with Crippen LogP contribution in [0.1, 0.15) is 46.2 Å². The summed E-state index contributed by atoms with van der Waals surface area (Å²) in [5, 5.41) is 14.1. The summed E-state index contributed by atoms with van der Waals surface area (Å²) in [6, 6.07) is 15.0. The third-order valence-corrected chi connectivity index (χ3v) is 6.31. The van der Waals surface area contributed by atoms with Crippen LogP contribution in [-0.4, -0.2) is 21.3 Å². The number of benzene rings is 1. The molecule has 1 N–H and O–H groups in total. The van der Waals surface area contributed by atoms with E-state index in [1.165, 1.54) is 27.8 Å². The lowest BCUT2D eigenvalue weighted by atomic mass is 9.74. The van der Waals surface area contributed by atoms with E-state index in [1.54, 1.807) is 11.3 Å². The van der Waals surface area contributed by atoms with Gasteiger partial charge in [-0.15, -0.1) is 16.4 Å². The maximum absolute atomic E-state index is 4.55. The van der Waals surface area contributed by atoms with Crippen LogP contribution >= 0.6 is 11.3 Å². The summed E-state index contributed by atoms with van der Waals surface area (Å²) in [7, 11) is 0. The topological polar surface area (TPSA) is 37.8 Å². The third-order valence-electron chi connectivity index (χ3n) is 5.17. The molecule has 0 aliphatic carbocycles. The molecule has 0 amide bonds. The standard InChI is InChI=1S/C22H27N3S/c1-21(2)13-15(14-22(3,4)25-21)11-17-9-10-18(24-23-17)20-12-16-7-5-6-8-19(16)26-20/h5-10,12,15,25H,11,13-14H2,1-4H3. The highest BCUT2D eigenvalue weighted by molar-refractivity contribution is 7.22. The number of nitrogens with zero attached hydrogens (tertiary/aromatic N) is 2. The second-order valence-corrected chi connectivity index (χ2v) is 10.0. The minimum Gasteiger partial charge on any atom is -0.307 e. The Hall–Kier alpha value is -1.78. The van der Waals surface area contributed by atoms with Crippen LogP contribution in [0.25, 0.3) is 20.7 Å². The molecule has 1 saturated heterocycles. The molecule has 4 heteroatoms. The highest BCUT2D eigenvalue weighted by Crippen LogP contribution is 2.35. The van der Waals surface area contributed by atoms with Crippen molar-refractivity contribution in [2.75, 3.05) is 0 Å². The third kappa shape index (κ3) is 3.81. The van der Waals surface area contributed by atoms with Crippen molar-refractivity contribution in [3.63, 3.8) is 0 Å². The average molecular weight is 366 g/mol. The molecule has 136 valence electrons. The summed E-state index contributed by atoms with van der Waals surface area (Å²) in [5.74, 6) is 0.644. The van der Waals surface area contributed by atoms with Gasteiger partial charge in [0, 0.05) is 15.8 Å². The molecule has 3 nitrogen and oxygen atoms in total. The molecule has 0 unspecified atom stereocenters. The predicted octanol–water partition coefficient (Wildman–Crippen LogP) is 5.46. The minimum atomic E-state index is 0.177. The van der Waals surface area contributed by atoms with Crippen LogP contribution in [0.4, 0.5) is 0 Å². The Bertz CT molecular complexity index is 860. The lowest BCUT2D eigenvalue weighted by Gasteiger charge is -2.46. The number of thiophene rings is 1. The fraction of sp³-hybridized carbons (Fsp3) is 0.455. The van der Waals surface area contributed by atoms with Crippen LogP contribution in [0.15, 0.2) is 42.5 Å². The van der Waals surface area contributed by atoms with Gasteiger partial charge in [0.25, 0.3) is 0 Å². The van der Waals surface area contributed by atoms with E-state index in [9.17, 15) is 0 Å². The van der Waals surface area contributed by atoms with Gasteiger partial charge < -0.3 is 5.32 Å². The van der Waals surface area contributed by atoms with Crippen molar-refractivity contribution < 1.29 is 0 Å². The Morgan fingerprint density at radius 3 is 2.38 bits per heavy atom. The highest BCUT2D eigenvalue weighted by atomic mass is 32.1. The Morgan fingerprint density at radius 2 is 1.73 bits per heavy atom. The smallest absolute Gasteiger partial charge is 0.103 e. The summed E-state index contributed by atoms with van der Waals surface area (Å²) in [6.45, 7) is 9.21. The Kier molecular flexibility index (Phi) is 4.36. The minimum absolute atomic E-state index is 0.177. The van der Waals surface area contributed by atoms with Crippen LogP contribution in [0.3, 0.4) is 0 Å². The van der Waals surface area contributed by atoms with E-state index in [-0.39, 0.29) is 11.1 Å². The molecule has 2 aromatic heterocycles. The Morgan fingerprint density at radius 1 is 1.00 bits per heavy atom. The summed E-state index contributed by atoms with van der Waals surface area (Å²) in [5.41, 5.74) is 2.43. The molecular weight excluding hydrogens is 338 g/mol. The quantitative estimate of drug-likeness (QED) is 0.670. The molecule has 0 atom stereocenters. The number of aromatic nitrogens is 2. The van der Waals surface area contributed by atoms with E-state index < -0.39 is 0 Å². The van der Waals surface area contributed by atoms with E-state index in [0.29, 0.717) is 5.92 Å². The zero-order valence-corrected chi connectivity index (χ0v) is 16.9. The number of nitrogens with one attached hydrogen (secondary N) is 1. The van der Waals surface area contributed by atoms with Gasteiger partial charge in [0.15, 0.2) is 0 Å². The molecule has 3 aromatic rings. The molecule has 1 aliphatic heterocycles. The summed E-state index contributed by atoms with van der Waals surface area (Å²) >= 11 is 1.78. The van der Waals surface area contributed by atoms with E-state index >= 15 is 0 Å². The first-order chi connectivity index (χ1) is 12.3. The molecular formula is C22H27N3S. The normalized spacial score (nSPS) is 19.7. The van der Waals surface area contributed by atoms with Crippen molar-refractivity contribution in [3.8, 4) is 10.6 Å². The van der Waals surface area contributed by atoms with Crippen molar-refractivity contribution in [2.24, 2.45) is 5.92 Å². The molecule has 1 aromatic carbocycles. The summed E-state index contributed by atoms with van der Waals surface area (Å²) in [6.07, 6.45) is 3.36. The van der Waals surface area contributed by atoms with Crippen molar-refractivity contribution >= 4 is 21.4 Å². The van der Waals surface area contributed by atoms with E-state index in [2.05, 4.69) is 85.7 Å². The van der Waals surface area contributed by atoms with Gasteiger partial charge in [0.05, 0.1) is 10.6 Å². The Labute approximate surface area is 159 Å². The highest BCUT2D eigenvalue weighted by Gasteiger charge is 2.37. The van der Waals surface area contributed by atoms with Crippen molar-refractivity contribution in [3.05, 3.63) is 48.2 Å². The molecule has 26 heavy (non-hydrogen) atoms. The number of hydrogen-bond acceptors (Lipinski definition) is 4. The number of fused-ring (bicyclic) bond motifs is 1. The molecule has 3 heterocycles. The van der Waals surface area contributed by atoms with Crippen LogP contribution in [0.5, 0.6) is 0 Å². The largest absolute Gasteiger partial charge is 0.307 e. The van der Waals surface area contributed by atoms with Gasteiger partial charge in [-0.1, -0.05) is 18.2 Å². The van der Waals surface area contributed by atoms with Gasteiger partial charge in [-0.3, -0.25) is 0 Å². The zero-order valence-electron chi connectivity index (χ0n) is 16.0. The van der Waals surface area contributed by atoms with Gasteiger partial charge in [-0.2, -0.15) is 5.10 Å². The molecule has 0 saturated carbocycles. The molecule has 4 rings (SSSR count). The van der Waals surface area contributed by atoms with E-state index in [0.717, 1.165) is 17.8 Å². The van der Waals surface area contributed by atoms with Crippen molar-refractivity contribution in [1.82, 2.24) is 15.5 Å².